The van der Waals surface area contributed by atoms with Crippen molar-refractivity contribution in [2.24, 2.45) is 11.7 Å². The molecule has 100 valence electrons. The fraction of sp³-hybridized carbons (Fsp3) is 0.333. The zero-order valence-corrected chi connectivity index (χ0v) is 11.8. The normalized spacial score (nSPS) is 21.1. The Morgan fingerprint density at radius 2 is 2.11 bits per heavy atom. The summed E-state index contributed by atoms with van der Waals surface area (Å²) in [6.07, 6.45) is 11.0. The van der Waals surface area contributed by atoms with Crippen LogP contribution in [0.3, 0.4) is 0 Å². The Morgan fingerprint density at radius 1 is 1.37 bits per heavy atom. The van der Waals surface area contributed by atoms with E-state index in [1.807, 2.05) is 0 Å². The Kier molecular flexibility index (Phi) is 4.62. The van der Waals surface area contributed by atoms with Crippen LogP contribution in [0.4, 0.5) is 0 Å². The summed E-state index contributed by atoms with van der Waals surface area (Å²) in [7, 11) is 0. The van der Waals surface area contributed by atoms with Crippen LogP contribution in [0.25, 0.3) is 0 Å². The molecule has 0 saturated heterocycles. The van der Waals surface area contributed by atoms with Crippen molar-refractivity contribution in [3.8, 4) is 0 Å². The smallest absolute Gasteiger partial charge is 0.0349 e. The molecule has 1 aromatic rings. The van der Waals surface area contributed by atoms with Crippen LogP contribution in [0.2, 0.25) is 0 Å². The zero-order valence-electron chi connectivity index (χ0n) is 11.8. The molecule has 2 atom stereocenters. The Morgan fingerprint density at radius 3 is 2.68 bits per heavy atom. The van der Waals surface area contributed by atoms with Gasteiger partial charge in [0.25, 0.3) is 0 Å². The molecular weight excluding hydrogens is 230 g/mol. The Labute approximate surface area is 116 Å². The Bertz CT molecular complexity index is 494. The lowest BCUT2D eigenvalue weighted by atomic mass is 9.92. The maximum atomic E-state index is 6.25. The van der Waals surface area contributed by atoms with Crippen LogP contribution in [-0.2, 0) is 0 Å². The van der Waals surface area contributed by atoms with Crippen molar-refractivity contribution >= 4 is 0 Å². The van der Waals surface area contributed by atoms with E-state index in [-0.39, 0.29) is 0 Å². The van der Waals surface area contributed by atoms with E-state index in [0.29, 0.717) is 11.8 Å². The van der Waals surface area contributed by atoms with Crippen molar-refractivity contribution in [3.05, 3.63) is 71.5 Å². The maximum absolute atomic E-state index is 6.25. The SMILES string of the molecule is CCC(/C=C(\N)C1=CCC(C)C=C1)c1ccccc1. The van der Waals surface area contributed by atoms with Crippen LogP contribution in [0.15, 0.2) is 65.9 Å². The number of nitrogens with two attached hydrogens (primary N) is 1. The third kappa shape index (κ3) is 3.60. The van der Waals surface area contributed by atoms with Gasteiger partial charge in [-0.2, -0.15) is 0 Å². The quantitative estimate of drug-likeness (QED) is 0.837. The molecule has 0 radical (unpaired) electrons. The monoisotopic (exact) mass is 253 g/mol. The van der Waals surface area contributed by atoms with E-state index in [2.05, 4.69) is 68.5 Å². The van der Waals surface area contributed by atoms with Gasteiger partial charge in [0.05, 0.1) is 0 Å². The molecule has 0 amide bonds. The summed E-state index contributed by atoms with van der Waals surface area (Å²) in [6, 6.07) is 10.6. The van der Waals surface area contributed by atoms with Crippen molar-refractivity contribution < 1.29 is 0 Å². The summed E-state index contributed by atoms with van der Waals surface area (Å²) >= 11 is 0. The number of allylic oxidation sites excluding steroid dienone is 4. The highest BCUT2D eigenvalue weighted by molar-refractivity contribution is 5.41. The first-order valence-electron chi connectivity index (χ1n) is 7.11. The second-order valence-corrected chi connectivity index (χ2v) is 5.28. The first kappa shape index (κ1) is 13.7. The van der Waals surface area contributed by atoms with Gasteiger partial charge in [0.15, 0.2) is 0 Å². The van der Waals surface area contributed by atoms with Crippen LogP contribution in [0.5, 0.6) is 0 Å². The fourth-order valence-corrected chi connectivity index (χ4v) is 2.40. The minimum Gasteiger partial charge on any atom is -0.398 e. The van der Waals surface area contributed by atoms with Crippen molar-refractivity contribution in [3.63, 3.8) is 0 Å². The molecule has 1 aliphatic rings. The van der Waals surface area contributed by atoms with E-state index in [0.717, 1.165) is 18.5 Å². The topological polar surface area (TPSA) is 26.0 Å². The molecule has 0 saturated carbocycles. The predicted molar refractivity (Wildman–Crippen MR) is 82.7 cm³/mol. The number of hydrogen-bond acceptors (Lipinski definition) is 1. The van der Waals surface area contributed by atoms with Gasteiger partial charge < -0.3 is 5.73 Å². The van der Waals surface area contributed by atoms with Crippen molar-refractivity contribution in [1.29, 1.82) is 0 Å². The van der Waals surface area contributed by atoms with Gasteiger partial charge in [-0.3, -0.25) is 0 Å². The average Bonchev–Trinajstić information content (AvgIpc) is 2.46. The second-order valence-electron chi connectivity index (χ2n) is 5.28. The molecule has 1 aliphatic carbocycles. The molecule has 1 aromatic carbocycles. The highest BCUT2D eigenvalue weighted by Gasteiger charge is 2.10. The summed E-state index contributed by atoms with van der Waals surface area (Å²) in [6.45, 7) is 4.43. The van der Waals surface area contributed by atoms with Crippen LogP contribution in [0, 0.1) is 5.92 Å². The van der Waals surface area contributed by atoms with Gasteiger partial charge in [0, 0.05) is 11.6 Å². The molecule has 0 aliphatic heterocycles. The molecule has 0 bridgehead atoms. The lowest BCUT2D eigenvalue weighted by molar-refractivity contribution is 0.730. The highest BCUT2D eigenvalue weighted by Crippen LogP contribution is 2.25. The first-order chi connectivity index (χ1) is 9.20. The van der Waals surface area contributed by atoms with E-state index in [9.17, 15) is 0 Å². The lowest BCUT2D eigenvalue weighted by Crippen LogP contribution is -2.06. The van der Waals surface area contributed by atoms with Crippen LogP contribution < -0.4 is 5.73 Å². The summed E-state index contributed by atoms with van der Waals surface area (Å²) in [4.78, 5) is 0. The van der Waals surface area contributed by atoms with Gasteiger partial charge in [-0.1, -0.05) is 68.5 Å². The molecule has 0 heterocycles. The summed E-state index contributed by atoms with van der Waals surface area (Å²) in [5, 5.41) is 0. The second kappa shape index (κ2) is 6.42. The lowest BCUT2D eigenvalue weighted by Gasteiger charge is -2.15. The molecule has 2 N–H and O–H groups in total. The molecule has 0 fully saturated rings. The van der Waals surface area contributed by atoms with Crippen LogP contribution >= 0.6 is 0 Å². The predicted octanol–water partition coefficient (Wildman–Crippen LogP) is 4.55. The third-order valence-electron chi connectivity index (χ3n) is 3.70. The molecule has 0 spiro atoms. The summed E-state index contributed by atoms with van der Waals surface area (Å²) < 4.78 is 0. The van der Waals surface area contributed by atoms with Gasteiger partial charge in [-0.15, -0.1) is 0 Å². The van der Waals surface area contributed by atoms with Gasteiger partial charge in [0.1, 0.15) is 0 Å². The third-order valence-corrected chi connectivity index (χ3v) is 3.70. The average molecular weight is 253 g/mol. The van der Waals surface area contributed by atoms with E-state index in [1.54, 1.807) is 0 Å². The van der Waals surface area contributed by atoms with E-state index >= 15 is 0 Å². The maximum Gasteiger partial charge on any atom is 0.0349 e. The standard InChI is InChI=1S/C18H23N/c1-3-15(16-7-5-4-6-8-16)13-18(19)17-11-9-14(2)10-12-17/h4-9,11-15H,3,10,19H2,1-2H3/b18-13-. The van der Waals surface area contributed by atoms with Gasteiger partial charge >= 0.3 is 0 Å². The zero-order chi connectivity index (χ0) is 13.7. The van der Waals surface area contributed by atoms with E-state index in [4.69, 9.17) is 5.73 Å². The molecule has 2 rings (SSSR count). The molecule has 2 unspecified atom stereocenters. The molecule has 0 aromatic heterocycles. The van der Waals surface area contributed by atoms with Gasteiger partial charge in [-0.25, -0.2) is 0 Å². The fourth-order valence-electron chi connectivity index (χ4n) is 2.40. The Hall–Kier alpha value is -1.76. The molecule has 1 heteroatoms. The molecule has 1 nitrogen and oxygen atoms in total. The van der Waals surface area contributed by atoms with Crippen molar-refractivity contribution in [2.45, 2.75) is 32.6 Å². The van der Waals surface area contributed by atoms with E-state index in [1.165, 1.54) is 11.1 Å². The summed E-state index contributed by atoms with van der Waals surface area (Å²) in [5.74, 6) is 1.03. The minimum atomic E-state index is 0.398. The Balaban J connectivity index is 2.17. The first-order valence-corrected chi connectivity index (χ1v) is 7.11. The highest BCUT2D eigenvalue weighted by atomic mass is 14.6. The van der Waals surface area contributed by atoms with Gasteiger partial charge in [0.2, 0.25) is 0 Å². The molecular formula is C18H23N. The number of hydrogen-bond donors (Lipinski definition) is 1. The number of rotatable bonds is 4. The molecule has 19 heavy (non-hydrogen) atoms. The van der Waals surface area contributed by atoms with Gasteiger partial charge in [-0.05, 0) is 29.9 Å². The van der Waals surface area contributed by atoms with Crippen LogP contribution in [-0.4, -0.2) is 0 Å². The largest absolute Gasteiger partial charge is 0.398 e. The summed E-state index contributed by atoms with van der Waals surface area (Å²) in [5.41, 5.74) is 9.66. The minimum absolute atomic E-state index is 0.398. The van der Waals surface area contributed by atoms with E-state index < -0.39 is 0 Å². The van der Waals surface area contributed by atoms with Crippen LogP contribution in [0.1, 0.15) is 38.2 Å². The van der Waals surface area contributed by atoms with Crippen molar-refractivity contribution in [2.75, 3.05) is 0 Å². The number of benzene rings is 1. The van der Waals surface area contributed by atoms with Crippen molar-refractivity contribution in [1.82, 2.24) is 0 Å².